The molecule has 2 atom stereocenters. The van der Waals surface area contributed by atoms with Gasteiger partial charge in [-0.3, -0.25) is 0 Å². The van der Waals surface area contributed by atoms with Crippen molar-refractivity contribution < 1.29 is 9.90 Å². The molecule has 4 heteroatoms. The van der Waals surface area contributed by atoms with E-state index in [9.17, 15) is 4.79 Å². The molecule has 0 radical (unpaired) electrons. The summed E-state index contributed by atoms with van der Waals surface area (Å²) in [6, 6.07) is 14.2. The number of hydrogen-bond acceptors (Lipinski definition) is 2. The van der Waals surface area contributed by atoms with Gasteiger partial charge in [0.1, 0.15) is 0 Å². The molecule has 2 unspecified atom stereocenters. The lowest BCUT2D eigenvalue weighted by atomic mass is 10.0. The van der Waals surface area contributed by atoms with Crippen LogP contribution in [0.5, 0.6) is 0 Å². The van der Waals surface area contributed by atoms with E-state index in [1.165, 1.54) is 16.3 Å². The van der Waals surface area contributed by atoms with E-state index in [4.69, 9.17) is 5.11 Å². The Balaban J connectivity index is 1.92. The average molecular weight is 300 g/mol. The third-order valence-corrected chi connectivity index (χ3v) is 3.78. The number of aliphatic hydroxyl groups is 1. The third kappa shape index (κ3) is 4.46. The molecule has 2 aromatic rings. The molecular weight excluding hydrogens is 276 g/mol. The number of carbonyl (C=O) groups excluding carboxylic acids is 1. The summed E-state index contributed by atoms with van der Waals surface area (Å²) in [6.07, 6.45) is 1.48. The van der Waals surface area contributed by atoms with Gasteiger partial charge in [0.25, 0.3) is 0 Å². The smallest absolute Gasteiger partial charge is 0.315 e. The summed E-state index contributed by atoms with van der Waals surface area (Å²) in [6.45, 7) is 3.87. The molecule has 2 aromatic carbocycles. The minimum atomic E-state index is -0.228. The second kappa shape index (κ2) is 7.80. The zero-order valence-electron chi connectivity index (χ0n) is 13.2. The Morgan fingerprint density at radius 2 is 1.86 bits per heavy atom. The van der Waals surface area contributed by atoms with Crippen LogP contribution in [0.2, 0.25) is 0 Å². The lowest BCUT2D eigenvalue weighted by molar-refractivity contribution is 0.212. The van der Waals surface area contributed by atoms with Crippen molar-refractivity contribution in [3.05, 3.63) is 48.0 Å². The van der Waals surface area contributed by atoms with E-state index in [-0.39, 0.29) is 24.7 Å². The lowest BCUT2D eigenvalue weighted by Gasteiger charge is -2.18. The van der Waals surface area contributed by atoms with Crippen LogP contribution in [0, 0.1) is 0 Å². The summed E-state index contributed by atoms with van der Waals surface area (Å²) in [5.41, 5.74) is 1.20. The standard InChI is InChI=1S/C18H24N2O2/c1-3-17(12-21)20-18(22)19-13(2)10-14-8-9-15-6-4-5-7-16(15)11-14/h4-9,11,13,17,21H,3,10,12H2,1-2H3,(H2,19,20,22). The molecule has 4 nitrogen and oxygen atoms in total. The first-order chi connectivity index (χ1) is 10.6. The Kier molecular flexibility index (Phi) is 5.78. The SMILES string of the molecule is CCC(CO)NC(=O)NC(C)Cc1ccc2ccccc2c1. The molecule has 0 spiro atoms. The maximum Gasteiger partial charge on any atom is 0.315 e. The van der Waals surface area contributed by atoms with Crippen molar-refractivity contribution >= 4 is 16.8 Å². The molecule has 0 saturated heterocycles. The minimum Gasteiger partial charge on any atom is -0.394 e. The highest BCUT2D eigenvalue weighted by atomic mass is 16.3. The first-order valence-electron chi connectivity index (χ1n) is 7.78. The molecule has 2 rings (SSSR count). The van der Waals surface area contributed by atoms with Crippen molar-refractivity contribution in [3.8, 4) is 0 Å². The van der Waals surface area contributed by atoms with Crippen LogP contribution in [0.4, 0.5) is 4.79 Å². The summed E-state index contributed by atoms with van der Waals surface area (Å²) in [4.78, 5) is 11.9. The van der Waals surface area contributed by atoms with Crippen LogP contribution >= 0.6 is 0 Å². The van der Waals surface area contributed by atoms with Crippen LogP contribution in [-0.2, 0) is 6.42 Å². The molecule has 0 heterocycles. The molecule has 3 N–H and O–H groups in total. The number of rotatable bonds is 6. The molecular formula is C18H24N2O2. The van der Waals surface area contributed by atoms with Gasteiger partial charge in [-0.05, 0) is 36.1 Å². The quantitative estimate of drug-likeness (QED) is 0.768. The molecule has 0 aliphatic carbocycles. The van der Waals surface area contributed by atoms with E-state index >= 15 is 0 Å². The predicted molar refractivity (Wildman–Crippen MR) is 89.9 cm³/mol. The average Bonchev–Trinajstić information content (AvgIpc) is 2.52. The van der Waals surface area contributed by atoms with E-state index in [2.05, 4.69) is 41.0 Å². The van der Waals surface area contributed by atoms with E-state index in [1.54, 1.807) is 0 Å². The van der Waals surface area contributed by atoms with Crippen molar-refractivity contribution in [1.82, 2.24) is 10.6 Å². The molecule has 0 aromatic heterocycles. The number of hydrogen-bond donors (Lipinski definition) is 3. The van der Waals surface area contributed by atoms with Crippen molar-refractivity contribution in [2.24, 2.45) is 0 Å². The summed E-state index contributed by atoms with van der Waals surface area (Å²) in [7, 11) is 0. The number of benzene rings is 2. The van der Waals surface area contributed by atoms with Crippen LogP contribution in [0.1, 0.15) is 25.8 Å². The monoisotopic (exact) mass is 300 g/mol. The molecule has 0 fully saturated rings. The Morgan fingerprint density at radius 1 is 1.14 bits per heavy atom. The van der Waals surface area contributed by atoms with Crippen LogP contribution in [-0.4, -0.2) is 29.8 Å². The molecule has 0 aliphatic rings. The Bertz CT molecular complexity index is 623. The largest absolute Gasteiger partial charge is 0.394 e. The molecule has 0 saturated carbocycles. The summed E-state index contributed by atoms with van der Waals surface area (Å²) in [5, 5.41) is 17.2. The van der Waals surface area contributed by atoms with Crippen LogP contribution < -0.4 is 10.6 Å². The second-order valence-corrected chi connectivity index (χ2v) is 5.69. The maximum atomic E-state index is 11.9. The van der Waals surface area contributed by atoms with Gasteiger partial charge in [0.05, 0.1) is 12.6 Å². The zero-order valence-corrected chi connectivity index (χ0v) is 13.2. The molecule has 118 valence electrons. The number of urea groups is 1. The van der Waals surface area contributed by atoms with Gasteiger partial charge in [-0.15, -0.1) is 0 Å². The highest BCUT2D eigenvalue weighted by Gasteiger charge is 2.12. The fourth-order valence-corrected chi connectivity index (χ4v) is 2.50. The second-order valence-electron chi connectivity index (χ2n) is 5.69. The maximum absolute atomic E-state index is 11.9. The minimum absolute atomic E-state index is 0.0253. The summed E-state index contributed by atoms with van der Waals surface area (Å²) < 4.78 is 0. The van der Waals surface area contributed by atoms with Gasteiger partial charge in [0, 0.05) is 6.04 Å². The van der Waals surface area contributed by atoms with E-state index in [0.717, 1.165) is 6.42 Å². The van der Waals surface area contributed by atoms with Crippen molar-refractivity contribution in [1.29, 1.82) is 0 Å². The highest BCUT2D eigenvalue weighted by Crippen LogP contribution is 2.16. The summed E-state index contributed by atoms with van der Waals surface area (Å²) in [5.74, 6) is 0. The number of carbonyl (C=O) groups is 1. The van der Waals surface area contributed by atoms with Crippen LogP contribution in [0.25, 0.3) is 10.8 Å². The third-order valence-electron chi connectivity index (χ3n) is 3.78. The van der Waals surface area contributed by atoms with E-state index < -0.39 is 0 Å². The fourth-order valence-electron chi connectivity index (χ4n) is 2.50. The number of nitrogens with one attached hydrogen (secondary N) is 2. The van der Waals surface area contributed by atoms with Crippen molar-refractivity contribution in [3.63, 3.8) is 0 Å². The summed E-state index contributed by atoms with van der Waals surface area (Å²) >= 11 is 0. The zero-order chi connectivity index (χ0) is 15.9. The van der Waals surface area contributed by atoms with Crippen LogP contribution in [0.15, 0.2) is 42.5 Å². The molecule has 0 bridgehead atoms. The van der Waals surface area contributed by atoms with E-state index in [0.29, 0.717) is 6.42 Å². The van der Waals surface area contributed by atoms with Crippen molar-refractivity contribution in [2.75, 3.05) is 6.61 Å². The molecule has 0 aliphatic heterocycles. The van der Waals surface area contributed by atoms with Crippen LogP contribution in [0.3, 0.4) is 0 Å². The first-order valence-corrected chi connectivity index (χ1v) is 7.78. The van der Waals surface area contributed by atoms with Gasteiger partial charge in [-0.2, -0.15) is 0 Å². The topological polar surface area (TPSA) is 61.4 Å². The Hall–Kier alpha value is -2.07. The fraction of sp³-hybridized carbons (Fsp3) is 0.389. The van der Waals surface area contributed by atoms with Gasteiger partial charge < -0.3 is 15.7 Å². The Labute approximate surface area is 131 Å². The number of fused-ring (bicyclic) bond motifs is 1. The Morgan fingerprint density at radius 3 is 2.55 bits per heavy atom. The van der Waals surface area contributed by atoms with Gasteiger partial charge in [0.2, 0.25) is 0 Å². The van der Waals surface area contributed by atoms with E-state index in [1.807, 2.05) is 26.0 Å². The molecule has 22 heavy (non-hydrogen) atoms. The normalized spacial score (nSPS) is 13.6. The number of aliphatic hydroxyl groups excluding tert-OH is 1. The van der Waals surface area contributed by atoms with Gasteiger partial charge >= 0.3 is 6.03 Å². The predicted octanol–water partition coefficient (Wildman–Crippen LogP) is 2.84. The number of amides is 2. The van der Waals surface area contributed by atoms with Gasteiger partial charge in [-0.1, -0.05) is 49.4 Å². The van der Waals surface area contributed by atoms with Gasteiger partial charge in [0.15, 0.2) is 0 Å². The van der Waals surface area contributed by atoms with Crippen molar-refractivity contribution in [2.45, 2.75) is 38.8 Å². The highest BCUT2D eigenvalue weighted by molar-refractivity contribution is 5.83. The first kappa shape index (κ1) is 16.3. The lowest BCUT2D eigenvalue weighted by Crippen LogP contribution is -2.47. The molecule has 2 amide bonds. The van der Waals surface area contributed by atoms with Gasteiger partial charge in [-0.25, -0.2) is 4.79 Å².